The number of methoxy groups -OCH3 is 1. The van der Waals surface area contributed by atoms with E-state index in [9.17, 15) is 5.11 Å². The molecule has 0 heterocycles. The number of hydrogen-bond donors (Lipinski definition) is 1. The summed E-state index contributed by atoms with van der Waals surface area (Å²) in [7, 11) is 1.71. The van der Waals surface area contributed by atoms with Crippen LogP contribution in [0, 0.1) is 0 Å². The topological polar surface area (TPSA) is 32.7 Å². The molecule has 0 bridgehead atoms. The molecule has 1 aliphatic carbocycles. The van der Waals surface area contributed by atoms with E-state index in [4.69, 9.17) is 4.74 Å². The second-order valence-electron chi connectivity index (χ2n) is 5.78. The monoisotopic (exact) mass is 277 g/mol. The van der Waals surface area contributed by atoms with Crippen molar-refractivity contribution in [3.05, 3.63) is 29.8 Å². The second kappa shape index (κ2) is 7.65. The predicted molar refractivity (Wildman–Crippen MR) is 82.0 cm³/mol. The number of aliphatic hydroxyl groups excluding tert-OH is 1. The summed E-state index contributed by atoms with van der Waals surface area (Å²) in [5.74, 6) is 0.929. The Balaban J connectivity index is 2.00. The molecule has 0 saturated heterocycles. The molecule has 1 aliphatic rings. The Labute approximate surface area is 122 Å². The molecule has 112 valence electrons. The van der Waals surface area contributed by atoms with E-state index in [1.807, 2.05) is 6.07 Å². The predicted octanol–water partition coefficient (Wildman–Crippen LogP) is 3.21. The van der Waals surface area contributed by atoms with Gasteiger partial charge in [0.05, 0.1) is 13.2 Å². The van der Waals surface area contributed by atoms with E-state index >= 15 is 0 Å². The molecule has 1 aromatic carbocycles. The lowest BCUT2D eigenvalue weighted by atomic mass is 9.91. The average Bonchev–Trinajstić information content (AvgIpc) is 2.48. The van der Waals surface area contributed by atoms with Crippen molar-refractivity contribution >= 4 is 0 Å². The fourth-order valence-corrected chi connectivity index (χ4v) is 3.11. The molecular formula is C17H27NO2. The minimum Gasteiger partial charge on any atom is -0.497 e. The van der Waals surface area contributed by atoms with E-state index in [1.54, 1.807) is 7.11 Å². The van der Waals surface area contributed by atoms with E-state index in [-0.39, 0.29) is 6.10 Å². The van der Waals surface area contributed by atoms with Gasteiger partial charge in [-0.3, -0.25) is 4.90 Å². The lowest BCUT2D eigenvalue weighted by Crippen LogP contribution is -2.39. The highest BCUT2D eigenvalue weighted by molar-refractivity contribution is 5.28. The molecule has 0 spiro atoms. The molecule has 3 heteroatoms. The van der Waals surface area contributed by atoms with Crippen molar-refractivity contribution in [2.24, 2.45) is 0 Å². The van der Waals surface area contributed by atoms with Gasteiger partial charge in [0.15, 0.2) is 0 Å². The Bertz CT molecular complexity index is 400. The minimum absolute atomic E-state index is 0.0773. The molecule has 3 nitrogen and oxygen atoms in total. The molecule has 1 fully saturated rings. The summed E-state index contributed by atoms with van der Waals surface area (Å²) >= 11 is 0. The normalized spacial score (nSPS) is 23.0. The lowest BCUT2D eigenvalue weighted by Gasteiger charge is -2.35. The number of benzene rings is 1. The van der Waals surface area contributed by atoms with Gasteiger partial charge in [-0.15, -0.1) is 0 Å². The zero-order valence-corrected chi connectivity index (χ0v) is 12.7. The first kappa shape index (κ1) is 15.3. The van der Waals surface area contributed by atoms with Crippen LogP contribution in [0.1, 0.15) is 44.6 Å². The number of ether oxygens (including phenoxy) is 1. The van der Waals surface area contributed by atoms with Crippen LogP contribution in [-0.2, 0) is 6.54 Å². The maximum atomic E-state index is 9.66. The van der Waals surface area contributed by atoms with Crippen molar-refractivity contribution in [1.82, 2.24) is 4.90 Å². The first-order chi connectivity index (χ1) is 9.72. The maximum Gasteiger partial charge on any atom is 0.119 e. The fraction of sp³-hybridized carbons (Fsp3) is 0.647. The second-order valence-corrected chi connectivity index (χ2v) is 5.78. The third-order valence-electron chi connectivity index (χ3n) is 4.21. The molecule has 0 unspecified atom stereocenters. The van der Waals surface area contributed by atoms with Gasteiger partial charge >= 0.3 is 0 Å². The summed E-state index contributed by atoms with van der Waals surface area (Å²) in [6, 6.07) is 8.96. The van der Waals surface area contributed by atoms with Gasteiger partial charge < -0.3 is 9.84 Å². The van der Waals surface area contributed by atoms with Crippen molar-refractivity contribution in [2.75, 3.05) is 13.7 Å². The average molecular weight is 277 g/mol. The van der Waals surface area contributed by atoms with Crippen LogP contribution in [0.5, 0.6) is 5.75 Å². The lowest BCUT2D eigenvalue weighted by molar-refractivity contribution is 0.0702. The molecule has 0 atom stereocenters. The maximum absolute atomic E-state index is 9.66. The van der Waals surface area contributed by atoms with Gasteiger partial charge in [-0.1, -0.05) is 19.1 Å². The van der Waals surface area contributed by atoms with Crippen molar-refractivity contribution in [1.29, 1.82) is 0 Å². The highest BCUT2D eigenvalue weighted by Crippen LogP contribution is 2.25. The van der Waals surface area contributed by atoms with Crippen LogP contribution in [0.3, 0.4) is 0 Å². The van der Waals surface area contributed by atoms with Gasteiger partial charge in [0.25, 0.3) is 0 Å². The fourth-order valence-electron chi connectivity index (χ4n) is 3.11. The minimum atomic E-state index is -0.0773. The zero-order valence-electron chi connectivity index (χ0n) is 12.7. The van der Waals surface area contributed by atoms with Gasteiger partial charge in [0, 0.05) is 12.6 Å². The van der Waals surface area contributed by atoms with Crippen molar-refractivity contribution in [3.63, 3.8) is 0 Å². The molecule has 20 heavy (non-hydrogen) atoms. The largest absolute Gasteiger partial charge is 0.497 e. The Morgan fingerprint density at radius 2 is 2.00 bits per heavy atom. The highest BCUT2D eigenvalue weighted by atomic mass is 16.5. The van der Waals surface area contributed by atoms with Crippen LogP contribution >= 0.6 is 0 Å². The standard InChI is InChI=1S/C17H27NO2/c1-3-11-18(15-7-9-16(19)10-8-15)13-14-5-4-6-17(12-14)20-2/h4-6,12,15-16,19H,3,7-11,13H2,1-2H3. The summed E-state index contributed by atoms with van der Waals surface area (Å²) < 4.78 is 5.30. The van der Waals surface area contributed by atoms with E-state index in [0.29, 0.717) is 6.04 Å². The van der Waals surface area contributed by atoms with Crippen molar-refractivity contribution < 1.29 is 9.84 Å². The summed E-state index contributed by atoms with van der Waals surface area (Å²) in [6.45, 7) is 4.33. The third-order valence-corrected chi connectivity index (χ3v) is 4.21. The Kier molecular flexibility index (Phi) is 5.86. The molecule has 1 aromatic rings. The molecule has 0 aliphatic heterocycles. The van der Waals surface area contributed by atoms with Crippen LogP contribution < -0.4 is 4.74 Å². The van der Waals surface area contributed by atoms with Crippen LogP contribution in [0.25, 0.3) is 0 Å². The molecule has 1 saturated carbocycles. The molecule has 0 amide bonds. The number of aliphatic hydroxyl groups is 1. The number of nitrogens with zero attached hydrogens (tertiary/aromatic N) is 1. The molecule has 2 rings (SSSR count). The SMILES string of the molecule is CCCN(Cc1cccc(OC)c1)C1CCC(O)CC1. The molecule has 1 N–H and O–H groups in total. The summed E-state index contributed by atoms with van der Waals surface area (Å²) in [4.78, 5) is 2.57. The van der Waals surface area contributed by atoms with Gasteiger partial charge in [0.1, 0.15) is 5.75 Å². The summed E-state index contributed by atoms with van der Waals surface area (Å²) in [6.07, 6.45) is 5.22. The summed E-state index contributed by atoms with van der Waals surface area (Å²) in [5.41, 5.74) is 1.31. The number of rotatable bonds is 6. The van der Waals surface area contributed by atoms with Crippen molar-refractivity contribution in [2.45, 2.75) is 57.7 Å². The van der Waals surface area contributed by atoms with Gasteiger partial charge in [-0.25, -0.2) is 0 Å². The first-order valence-electron chi connectivity index (χ1n) is 7.78. The van der Waals surface area contributed by atoms with E-state index in [1.165, 1.54) is 12.0 Å². The number of hydrogen-bond acceptors (Lipinski definition) is 3. The zero-order chi connectivity index (χ0) is 14.4. The van der Waals surface area contributed by atoms with E-state index in [0.717, 1.165) is 44.5 Å². The van der Waals surface area contributed by atoms with Crippen molar-refractivity contribution in [3.8, 4) is 5.75 Å². The Morgan fingerprint density at radius 1 is 1.25 bits per heavy atom. The van der Waals surface area contributed by atoms with E-state index < -0.39 is 0 Å². The van der Waals surface area contributed by atoms with Crippen LogP contribution in [0.15, 0.2) is 24.3 Å². The van der Waals surface area contributed by atoms with Gasteiger partial charge in [-0.2, -0.15) is 0 Å². The van der Waals surface area contributed by atoms with Crippen LogP contribution in [-0.4, -0.2) is 35.8 Å². The van der Waals surface area contributed by atoms with E-state index in [2.05, 4.69) is 30.0 Å². The molecule has 0 aromatic heterocycles. The van der Waals surface area contributed by atoms with Crippen LogP contribution in [0.2, 0.25) is 0 Å². The smallest absolute Gasteiger partial charge is 0.119 e. The molecule has 0 radical (unpaired) electrons. The third kappa shape index (κ3) is 4.22. The quantitative estimate of drug-likeness (QED) is 0.866. The first-order valence-corrected chi connectivity index (χ1v) is 7.78. The highest BCUT2D eigenvalue weighted by Gasteiger charge is 2.24. The van der Waals surface area contributed by atoms with Gasteiger partial charge in [0.2, 0.25) is 0 Å². The summed E-state index contributed by atoms with van der Waals surface area (Å²) in [5, 5.41) is 9.66. The van der Waals surface area contributed by atoms with Crippen LogP contribution in [0.4, 0.5) is 0 Å². The Morgan fingerprint density at radius 3 is 2.65 bits per heavy atom. The molecular weight excluding hydrogens is 250 g/mol. The Hall–Kier alpha value is -1.06. The van der Waals surface area contributed by atoms with Gasteiger partial charge in [-0.05, 0) is 56.3 Å².